The van der Waals surface area contributed by atoms with Crippen LogP contribution in [0.25, 0.3) is 0 Å². The maximum absolute atomic E-state index is 11.9. The van der Waals surface area contributed by atoms with E-state index in [-0.39, 0.29) is 30.2 Å². The van der Waals surface area contributed by atoms with Crippen molar-refractivity contribution in [2.45, 2.75) is 6.54 Å². The molecule has 0 saturated carbocycles. The summed E-state index contributed by atoms with van der Waals surface area (Å²) in [5.41, 5.74) is 0.639. The number of hydrogen-bond donors (Lipinski definition) is 2. The van der Waals surface area contributed by atoms with Crippen LogP contribution in [-0.2, 0) is 11.3 Å². The average Bonchev–Trinajstić information content (AvgIpc) is 2.58. The molecule has 0 unspecified atom stereocenters. The topological polar surface area (TPSA) is 114 Å². The molecule has 2 N–H and O–H groups in total. The Morgan fingerprint density at radius 2 is 1.96 bits per heavy atom. The van der Waals surface area contributed by atoms with Crippen LogP contribution in [-0.4, -0.2) is 28.3 Å². The van der Waals surface area contributed by atoms with E-state index in [1.165, 1.54) is 18.2 Å². The van der Waals surface area contributed by atoms with Crippen molar-refractivity contribution in [1.29, 1.82) is 0 Å². The summed E-state index contributed by atoms with van der Waals surface area (Å²) in [6, 6.07) is 10.6. The lowest BCUT2D eigenvalue weighted by Gasteiger charge is -2.06. The van der Waals surface area contributed by atoms with Crippen molar-refractivity contribution in [2.75, 3.05) is 6.54 Å². The zero-order valence-electron chi connectivity index (χ0n) is 12.1. The Balaban J connectivity index is 1.83. The van der Waals surface area contributed by atoms with Crippen LogP contribution in [0.15, 0.2) is 48.7 Å². The van der Waals surface area contributed by atoms with Crippen molar-refractivity contribution in [3.05, 3.63) is 70.0 Å². The summed E-state index contributed by atoms with van der Waals surface area (Å²) in [5.74, 6) is -0.934. The van der Waals surface area contributed by atoms with Gasteiger partial charge in [0.25, 0.3) is 11.6 Å². The molecule has 0 aliphatic carbocycles. The van der Waals surface area contributed by atoms with Crippen LogP contribution in [0.3, 0.4) is 0 Å². The van der Waals surface area contributed by atoms with E-state index in [0.29, 0.717) is 5.69 Å². The van der Waals surface area contributed by atoms with Crippen LogP contribution in [0.2, 0.25) is 0 Å². The third kappa shape index (κ3) is 4.88. The lowest BCUT2D eigenvalue weighted by molar-refractivity contribution is -0.384. The van der Waals surface area contributed by atoms with Gasteiger partial charge in [0.1, 0.15) is 0 Å². The van der Waals surface area contributed by atoms with Gasteiger partial charge in [-0.2, -0.15) is 0 Å². The monoisotopic (exact) mass is 314 g/mol. The molecule has 8 nitrogen and oxygen atoms in total. The smallest absolute Gasteiger partial charge is 0.270 e. The van der Waals surface area contributed by atoms with Crippen LogP contribution in [0.1, 0.15) is 16.1 Å². The van der Waals surface area contributed by atoms with Gasteiger partial charge in [0.2, 0.25) is 5.91 Å². The Bertz CT molecular complexity index is 718. The molecule has 8 heteroatoms. The van der Waals surface area contributed by atoms with Gasteiger partial charge in [-0.05, 0) is 18.2 Å². The van der Waals surface area contributed by atoms with Gasteiger partial charge in [-0.3, -0.25) is 24.7 Å². The molecule has 0 fully saturated rings. The van der Waals surface area contributed by atoms with E-state index < -0.39 is 10.8 Å². The molecule has 23 heavy (non-hydrogen) atoms. The first kappa shape index (κ1) is 16.1. The molecule has 0 atom stereocenters. The molecule has 0 saturated heterocycles. The number of nitrogens with one attached hydrogen (secondary N) is 2. The first-order valence-electron chi connectivity index (χ1n) is 6.75. The minimum absolute atomic E-state index is 0.122. The van der Waals surface area contributed by atoms with E-state index in [4.69, 9.17) is 0 Å². The summed E-state index contributed by atoms with van der Waals surface area (Å²) < 4.78 is 0. The number of nitrogens with zero attached hydrogens (tertiary/aromatic N) is 2. The highest BCUT2D eigenvalue weighted by atomic mass is 16.6. The van der Waals surface area contributed by atoms with Gasteiger partial charge in [-0.1, -0.05) is 12.1 Å². The number of aromatic nitrogens is 1. The van der Waals surface area contributed by atoms with Gasteiger partial charge in [0.15, 0.2) is 0 Å². The van der Waals surface area contributed by atoms with Crippen LogP contribution < -0.4 is 10.6 Å². The van der Waals surface area contributed by atoms with Crippen molar-refractivity contribution >= 4 is 17.5 Å². The molecule has 0 radical (unpaired) electrons. The number of nitro groups is 1. The SMILES string of the molecule is O=C(CNC(=O)c1cccc([N+](=O)[O-])c1)NCc1ccccn1. The third-order valence-corrected chi connectivity index (χ3v) is 2.92. The number of non-ortho nitro benzene ring substituents is 1. The van der Waals surface area contributed by atoms with Gasteiger partial charge in [0, 0.05) is 23.9 Å². The molecule has 118 valence electrons. The zero-order chi connectivity index (χ0) is 16.7. The molecule has 0 aliphatic rings. The summed E-state index contributed by atoms with van der Waals surface area (Å²) in [4.78, 5) is 37.7. The molecule has 0 spiro atoms. The van der Waals surface area contributed by atoms with Gasteiger partial charge >= 0.3 is 0 Å². The Kier molecular flexibility index (Phi) is 5.35. The zero-order valence-corrected chi connectivity index (χ0v) is 12.1. The molecule has 0 aliphatic heterocycles. The fourth-order valence-corrected chi connectivity index (χ4v) is 1.78. The summed E-state index contributed by atoms with van der Waals surface area (Å²) in [7, 11) is 0. The van der Waals surface area contributed by atoms with Crippen molar-refractivity contribution in [2.24, 2.45) is 0 Å². The molecule has 2 aromatic rings. The maximum atomic E-state index is 11.9. The third-order valence-electron chi connectivity index (χ3n) is 2.92. The summed E-state index contributed by atoms with van der Waals surface area (Å²) in [6.07, 6.45) is 1.62. The number of carbonyl (C=O) groups is 2. The standard InChI is InChI=1S/C15H14N4O4/c20-14(17-9-12-5-1-2-7-16-12)10-18-15(21)11-4-3-6-13(8-11)19(22)23/h1-8H,9-10H2,(H,17,20)(H,18,21). The number of rotatable bonds is 6. The second-order valence-corrected chi connectivity index (χ2v) is 4.59. The van der Waals surface area contributed by atoms with Crippen LogP contribution >= 0.6 is 0 Å². The molecule has 1 aromatic heterocycles. The van der Waals surface area contributed by atoms with Crippen molar-refractivity contribution in [3.63, 3.8) is 0 Å². The molecule has 2 amide bonds. The van der Waals surface area contributed by atoms with Crippen LogP contribution in [0.4, 0.5) is 5.69 Å². The lowest BCUT2D eigenvalue weighted by Crippen LogP contribution is -2.36. The Labute approximate surface area is 131 Å². The molecule has 1 aromatic carbocycles. The largest absolute Gasteiger partial charge is 0.349 e. The molecule has 0 bridgehead atoms. The van der Waals surface area contributed by atoms with E-state index in [9.17, 15) is 19.7 Å². The number of benzene rings is 1. The Morgan fingerprint density at radius 1 is 1.13 bits per heavy atom. The van der Waals surface area contributed by atoms with Gasteiger partial charge in [0.05, 0.1) is 23.7 Å². The second-order valence-electron chi connectivity index (χ2n) is 4.59. The number of nitro benzene ring substituents is 1. The van der Waals surface area contributed by atoms with E-state index in [2.05, 4.69) is 15.6 Å². The maximum Gasteiger partial charge on any atom is 0.270 e. The predicted molar refractivity (Wildman–Crippen MR) is 81.5 cm³/mol. The lowest BCUT2D eigenvalue weighted by atomic mass is 10.2. The minimum atomic E-state index is -0.587. The summed E-state index contributed by atoms with van der Waals surface area (Å²) in [6.45, 7) is 0.0285. The predicted octanol–water partition coefficient (Wildman–Crippen LogP) is 1.04. The van der Waals surface area contributed by atoms with Gasteiger partial charge < -0.3 is 10.6 Å². The van der Waals surface area contributed by atoms with Crippen molar-refractivity contribution < 1.29 is 14.5 Å². The normalized spacial score (nSPS) is 9.91. The average molecular weight is 314 g/mol. The highest BCUT2D eigenvalue weighted by molar-refractivity contribution is 5.96. The number of pyridine rings is 1. The molecule has 2 rings (SSSR count). The van der Waals surface area contributed by atoms with Gasteiger partial charge in [-0.25, -0.2) is 0 Å². The van der Waals surface area contributed by atoms with E-state index in [0.717, 1.165) is 6.07 Å². The number of hydrogen-bond acceptors (Lipinski definition) is 5. The fraction of sp³-hybridized carbons (Fsp3) is 0.133. The van der Waals surface area contributed by atoms with E-state index in [1.54, 1.807) is 24.4 Å². The van der Waals surface area contributed by atoms with Gasteiger partial charge in [-0.15, -0.1) is 0 Å². The highest BCUT2D eigenvalue weighted by Crippen LogP contribution is 2.12. The van der Waals surface area contributed by atoms with Crippen LogP contribution in [0.5, 0.6) is 0 Å². The van der Waals surface area contributed by atoms with Crippen molar-refractivity contribution in [3.8, 4) is 0 Å². The summed E-state index contributed by atoms with van der Waals surface area (Å²) in [5, 5.41) is 15.7. The van der Waals surface area contributed by atoms with E-state index >= 15 is 0 Å². The second kappa shape index (κ2) is 7.64. The quantitative estimate of drug-likeness (QED) is 0.610. The number of amides is 2. The van der Waals surface area contributed by atoms with Crippen molar-refractivity contribution in [1.82, 2.24) is 15.6 Å². The molecule has 1 heterocycles. The molecular formula is C15H14N4O4. The van der Waals surface area contributed by atoms with E-state index in [1.807, 2.05) is 0 Å². The minimum Gasteiger partial charge on any atom is -0.349 e. The Morgan fingerprint density at radius 3 is 2.65 bits per heavy atom. The first-order chi connectivity index (χ1) is 11.1. The van der Waals surface area contributed by atoms with Crippen LogP contribution in [0, 0.1) is 10.1 Å². The Hall–Kier alpha value is -3.29. The molecular weight excluding hydrogens is 300 g/mol. The fourth-order valence-electron chi connectivity index (χ4n) is 1.78. The first-order valence-corrected chi connectivity index (χ1v) is 6.75. The number of carbonyl (C=O) groups excluding carboxylic acids is 2. The summed E-state index contributed by atoms with van der Waals surface area (Å²) >= 11 is 0. The highest BCUT2D eigenvalue weighted by Gasteiger charge is 2.12.